The molecule has 0 aliphatic rings. The zero-order valence-corrected chi connectivity index (χ0v) is 18.3. The first kappa shape index (κ1) is 23.4. The van der Waals surface area contributed by atoms with E-state index in [1.54, 1.807) is 24.1 Å². The minimum absolute atomic E-state index is 0.0422. The first-order valence-electron chi connectivity index (χ1n) is 9.74. The molecule has 30 heavy (non-hydrogen) atoms. The maximum Gasteiger partial charge on any atom is 0.269 e. The molecule has 0 heterocycles. The van der Waals surface area contributed by atoms with Gasteiger partial charge in [-0.05, 0) is 30.0 Å². The van der Waals surface area contributed by atoms with Crippen LogP contribution in [0.1, 0.15) is 30.0 Å². The molecule has 8 heteroatoms. The van der Waals surface area contributed by atoms with E-state index in [9.17, 15) is 19.7 Å². The van der Waals surface area contributed by atoms with Gasteiger partial charge in [-0.3, -0.25) is 19.7 Å². The number of nitro benzene ring substituents is 1. The third-order valence-electron chi connectivity index (χ3n) is 4.88. The maximum atomic E-state index is 13.0. The molecule has 0 saturated heterocycles. The number of amides is 2. The number of rotatable bonds is 10. The molecule has 2 aromatic rings. The quantitative estimate of drug-likeness (QED) is 0.459. The van der Waals surface area contributed by atoms with Gasteiger partial charge in [-0.2, -0.15) is 0 Å². The average Bonchev–Trinajstić information content (AvgIpc) is 2.74. The summed E-state index contributed by atoms with van der Waals surface area (Å²) >= 11 is 1.43. The first-order valence-corrected chi connectivity index (χ1v) is 10.9. The summed E-state index contributed by atoms with van der Waals surface area (Å²) in [5.41, 5.74) is 3.02. The van der Waals surface area contributed by atoms with Crippen molar-refractivity contribution in [2.45, 2.75) is 38.6 Å². The van der Waals surface area contributed by atoms with Crippen molar-refractivity contribution in [1.82, 2.24) is 10.2 Å². The van der Waals surface area contributed by atoms with Crippen molar-refractivity contribution in [2.24, 2.45) is 0 Å². The summed E-state index contributed by atoms with van der Waals surface area (Å²) in [6, 6.07) is 13.6. The van der Waals surface area contributed by atoms with Crippen molar-refractivity contribution in [3.63, 3.8) is 0 Å². The van der Waals surface area contributed by atoms with Crippen LogP contribution in [-0.2, 0) is 21.9 Å². The Kier molecular flexibility index (Phi) is 8.86. The lowest BCUT2D eigenvalue weighted by molar-refractivity contribution is -0.384. The Morgan fingerprint density at radius 2 is 1.83 bits per heavy atom. The molecule has 0 spiro atoms. The van der Waals surface area contributed by atoms with Crippen LogP contribution in [0, 0.1) is 17.0 Å². The number of carbonyl (C=O) groups is 2. The standard InChI is InChI=1S/C22H27N3O4S/c1-4-20(22(27)23-3)24(13-18-8-6-5-7-16(18)2)21(26)15-30-14-17-9-11-19(12-10-17)25(28)29/h5-12,20H,4,13-15H2,1-3H3,(H,23,27). The van der Waals surface area contributed by atoms with Crippen LogP contribution < -0.4 is 5.32 Å². The van der Waals surface area contributed by atoms with E-state index >= 15 is 0 Å². The smallest absolute Gasteiger partial charge is 0.269 e. The summed E-state index contributed by atoms with van der Waals surface area (Å²) in [6.45, 7) is 4.25. The topological polar surface area (TPSA) is 92.6 Å². The molecule has 0 saturated carbocycles. The average molecular weight is 430 g/mol. The van der Waals surface area contributed by atoms with Crippen molar-refractivity contribution >= 4 is 29.3 Å². The highest BCUT2D eigenvalue weighted by Gasteiger charge is 2.28. The third kappa shape index (κ3) is 6.32. The molecule has 2 aromatic carbocycles. The number of benzene rings is 2. The third-order valence-corrected chi connectivity index (χ3v) is 5.86. The fourth-order valence-corrected chi connectivity index (χ4v) is 3.98. The summed E-state index contributed by atoms with van der Waals surface area (Å²) in [7, 11) is 1.57. The minimum Gasteiger partial charge on any atom is -0.357 e. The number of nitro groups is 1. The molecule has 1 unspecified atom stereocenters. The Hall–Kier alpha value is -2.87. The van der Waals surface area contributed by atoms with E-state index in [2.05, 4.69) is 5.32 Å². The minimum atomic E-state index is -0.540. The summed E-state index contributed by atoms with van der Waals surface area (Å²) in [4.78, 5) is 37.4. The molecule has 1 atom stereocenters. The van der Waals surface area contributed by atoms with Crippen molar-refractivity contribution in [3.8, 4) is 0 Å². The van der Waals surface area contributed by atoms with Gasteiger partial charge < -0.3 is 10.2 Å². The summed E-state index contributed by atoms with van der Waals surface area (Å²) in [6.07, 6.45) is 0.518. The number of carbonyl (C=O) groups excluding carboxylic acids is 2. The fraction of sp³-hybridized carbons (Fsp3) is 0.364. The van der Waals surface area contributed by atoms with Crippen molar-refractivity contribution < 1.29 is 14.5 Å². The Morgan fingerprint density at radius 3 is 2.40 bits per heavy atom. The van der Waals surface area contributed by atoms with Crippen LogP contribution in [-0.4, -0.2) is 40.5 Å². The normalized spacial score (nSPS) is 11.6. The number of aryl methyl sites for hydroxylation is 1. The molecule has 0 fully saturated rings. The van der Waals surface area contributed by atoms with Crippen LogP contribution in [0.3, 0.4) is 0 Å². The zero-order chi connectivity index (χ0) is 22.1. The molecule has 160 valence electrons. The van der Waals surface area contributed by atoms with E-state index in [1.807, 2.05) is 38.1 Å². The fourth-order valence-electron chi connectivity index (χ4n) is 3.11. The molecule has 2 rings (SSSR count). The highest BCUT2D eigenvalue weighted by molar-refractivity contribution is 7.99. The lowest BCUT2D eigenvalue weighted by Crippen LogP contribution is -2.48. The van der Waals surface area contributed by atoms with Crippen LogP contribution in [0.5, 0.6) is 0 Å². The van der Waals surface area contributed by atoms with Gasteiger partial charge in [0.25, 0.3) is 5.69 Å². The first-order chi connectivity index (χ1) is 14.4. The second kappa shape index (κ2) is 11.3. The van der Waals surface area contributed by atoms with E-state index in [1.165, 1.54) is 23.9 Å². The lowest BCUT2D eigenvalue weighted by atomic mass is 10.1. The van der Waals surface area contributed by atoms with Gasteiger partial charge in [-0.1, -0.05) is 43.3 Å². The zero-order valence-electron chi connectivity index (χ0n) is 17.5. The number of likely N-dealkylation sites (N-methyl/N-ethyl adjacent to an activating group) is 1. The predicted molar refractivity (Wildman–Crippen MR) is 119 cm³/mol. The van der Waals surface area contributed by atoms with Gasteiger partial charge in [0.15, 0.2) is 0 Å². The maximum absolute atomic E-state index is 13.0. The molecule has 7 nitrogen and oxygen atoms in total. The second-order valence-corrected chi connectivity index (χ2v) is 7.89. The molecule has 1 N–H and O–H groups in total. The number of non-ortho nitro benzene ring substituents is 1. The molecule has 2 amide bonds. The van der Waals surface area contributed by atoms with Crippen molar-refractivity contribution in [2.75, 3.05) is 12.8 Å². The molecular formula is C22H27N3O4S. The molecule has 0 radical (unpaired) electrons. The summed E-state index contributed by atoms with van der Waals surface area (Å²) in [5, 5.41) is 13.4. The van der Waals surface area contributed by atoms with Crippen molar-refractivity contribution in [3.05, 3.63) is 75.3 Å². The van der Waals surface area contributed by atoms with Crippen LogP contribution in [0.4, 0.5) is 5.69 Å². The van der Waals surface area contributed by atoms with Crippen LogP contribution in [0.15, 0.2) is 48.5 Å². The predicted octanol–water partition coefficient (Wildman–Crippen LogP) is 3.69. The SMILES string of the molecule is CCC(C(=O)NC)N(Cc1ccccc1C)C(=O)CSCc1ccc([N+](=O)[O-])cc1. The summed E-state index contributed by atoms with van der Waals surface area (Å²) in [5.74, 6) is 0.482. The van der Waals surface area contributed by atoms with Crippen molar-refractivity contribution in [1.29, 1.82) is 0 Å². The van der Waals surface area contributed by atoms with Gasteiger partial charge in [0, 0.05) is 31.5 Å². The van der Waals surface area contributed by atoms with E-state index < -0.39 is 11.0 Å². The molecular weight excluding hydrogens is 402 g/mol. The molecule has 0 bridgehead atoms. The van der Waals surface area contributed by atoms with Gasteiger partial charge in [0.2, 0.25) is 11.8 Å². The van der Waals surface area contributed by atoms with Gasteiger partial charge in [-0.25, -0.2) is 0 Å². The van der Waals surface area contributed by atoms with Gasteiger partial charge in [-0.15, -0.1) is 11.8 Å². The van der Waals surface area contributed by atoms with Crippen LogP contribution in [0.2, 0.25) is 0 Å². The molecule has 0 aliphatic carbocycles. The molecule has 0 aliphatic heterocycles. The number of hydrogen-bond acceptors (Lipinski definition) is 5. The summed E-state index contributed by atoms with van der Waals surface area (Å²) < 4.78 is 0. The van der Waals surface area contributed by atoms with Crippen LogP contribution >= 0.6 is 11.8 Å². The van der Waals surface area contributed by atoms with Gasteiger partial charge in [0.05, 0.1) is 10.7 Å². The largest absolute Gasteiger partial charge is 0.357 e. The Bertz CT molecular complexity index is 886. The number of nitrogens with one attached hydrogen (secondary N) is 1. The van der Waals surface area contributed by atoms with E-state index in [0.717, 1.165) is 16.7 Å². The van der Waals surface area contributed by atoms with Gasteiger partial charge in [0.1, 0.15) is 6.04 Å². The van der Waals surface area contributed by atoms with E-state index in [4.69, 9.17) is 0 Å². The second-order valence-electron chi connectivity index (χ2n) is 6.90. The monoisotopic (exact) mass is 429 g/mol. The highest BCUT2D eigenvalue weighted by atomic mass is 32.2. The van der Waals surface area contributed by atoms with E-state index in [0.29, 0.717) is 18.7 Å². The number of nitrogens with zero attached hydrogens (tertiary/aromatic N) is 2. The van der Waals surface area contributed by atoms with Crippen LogP contribution in [0.25, 0.3) is 0 Å². The Labute approximate surface area is 181 Å². The van der Waals surface area contributed by atoms with Gasteiger partial charge >= 0.3 is 0 Å². The molecule has 0 aromatic heterocycles. The Balaban J connectivity index is 2.08. The highest BCUT2D eigenvalue weighted by Crippen LogP contribution is 2.20. The number of thioether (sulfide) groups is 1. The Morgan fingerprint density at radius 1 is 1.17 bits per heavy atom. The lowest BCUT2D eigenvalue weighted by Gasteiger charge is -2.30. The van der Waals surface area contributed by atoms with E-state index in [-0.39, 0.29) is 23.3 Å². The number of hydrogen-bond donors (Lipinski definition) is 1.